The topological polar surface area (TPSA) is 39.4 Å². The zero-order valence-electron chi connectivity index (χ0n) is 11.2. The summed E-state index contributed by atoms with van der Waals surface area (Å²) in [7, 11) is 1.67. The van der Waals surface area contributed by atoms with Crippen molar-refractivity contribution in [3.05, 3.63) is 48.0 Å². The number of hydrogen-bond acceptors (Lipinski definition) is 5. The summed E-state index contributed by atoms with van der Waals surface area (Å²) in [4.78, 5) is 6.73. The third-order valence-electron chi connectivity index (χ3n) is 3.14. The van der Waals surface area contributed by atoms with Gasteiger partial charge in [0, 0.05) is 5.56 Å². The van der Waals surface area contributed by atoms with E-state index in [9.17, 15) is 0 Å². The molecule has 0 aliphatic carbocycles. The van der Waals surface area contributed by atoms with E-state index in [-0.39, 0.29) is 0 Å². The minimum Gasteiger partial charge on any atom is -0.497 e. The minimum atomic E-state index is 0.830. The molecule has 0 aliphatic rings. The third-order valence-corrected chi connectivity index (χ3v) is 5.10. The second-order valence-corrected chi connectivity index (χ2v) is 6.37. The standard InChI is InChI=1S/C15H11N3OS2/c1-19-11-5-2-4-10(8-11)12-9-18-15(16-12)21-14(17-18)13-6-3-7-20-13/h2-9H,1H3. The maximum Gasteiger partial charge on any atom is 0.213 e. The van der Waals surface area contributed by atoms with Gasteiger partial charge in [-0.1, -0.05) is 29.5 Å². The van der Waals surface area contributed by atoms with Crippen LogP contribution in [0.15, 0.2) is 48.0 Å². The SMILES string of the molecule is COc1cccc(-c2cn3nc(-c4cccs4)sc3n2)c1. The Morgan fingerprint density at radius 3 is 2.90 bits per heavy atom. The molecule has 0 saturated heterocycles. The molecule has 0 radical (unpaired) electrons. The molecule has 0 spiro atoms. The fraction of sp³-hybridized carbons (Fsp3) is 0.0667. The Labute approximate surface area is 129 Å². The summed E-state index contributed by atoms with van der Waals surface area (Å²) in [6.45, 7) is 0. The number of rotatable bonds is 3. The molecule has 4 rings (SSSR count). The van der Waals surface area contributed by atoms with Crippen LogP contribution in [0, 0.1) is 0 Å². The van der Waals surface area contributed by atoms with Gasteiger partial charge in [-0.15, -0.1) is 11.3 Å². The van der Waals surface area contributed by atoms with Crippen LogP contribution in [-0.4, -0.2) is 21.7 Å². The van der Waals surface area contributed by atoms with Crippen molar-refractivity contribution in [3.63, 3.8) is 0 Å². The van der Waals surface area contributed by atoms with Gasteiger partial charge in [-0.3, -0.25) is 0 Å². The van der Waals surface area contributed by atoms with Crippen LogP contribution in [0.3, 0.4) is 0 Å². The van der Waals surface area contributed by atoms with E-state index in [2.05, 4.69) is 21.5 Å². The number of methoxy groups -OCH3 is 1. The molecule has 0 amide bonds. The van der Waals surface area contributed by atoms with Gasteiger partial charge in [-0.05, 0) is 23.6 Å². The zero-order valence-corrected chi connectivity index (χ0v) is 12.8. The largest absolute Gasteiger partial charge is 0.497 e. The number of imidazole rings is 1. The van der Waals surface area contributed by atoms with E-state index in [1.807, 2.05) is 41.0 Å². The number of ether oxygens (including phenoxy) is 1. The zero-order chi connectivity index (χ0) is 14.2. The molecule has 4 nitrogen and oxygen atoms in total. The monoisotopic (exact) mass is 313 g/mol. The maximum absolute atomic E-state index is 5.25. The summed E-state index contributed by atoms with van der Waals surface area (Å²) in [5, 5.41) is 7.66. The molecule has 21 heavy (non-hydrogen) atoms. The molecule has 0 unspecified atom stereocenters. The lowest BCUT2D eigenvalue weighted by atomic mass is 10.1. The first-order valence-corrected chi connectivity index (χ1v) is 8.07. The Morgan fingerprint density at radius 2 is 2.14 bits per heavy atom. The molecule has 0 saturated carbocycles. The van der Waals surface area contributed by atoms with Crippen LogP contribution < -0.4 is 4.74 Å². The van der Waals surface area contributed by atoms with Crippen molar-refractivity contribution >= 4 is 27.6 Å². The summed E-state index contributed by atoms with van der Waals surface area (Å²) in [6.07, 6.45) is 1.96. The summed E-state index contributed by atoms with van der Waals surface area (Å²) in [5.74, 6) is 0.830. The summed E-state index contributed by atoms with van der Waals surface area (Å²) >= 11 is 3.29. The number of thiophene rings is 1. The first kappa shape index (κ1) is 12.6. The van der Waals surface area contributed by atoms with Crippen molar-refractivity contribution in [2.45, 2.75) is 0 Å². The minimum absolute atomic E-state index is 0.830. The highest BCUT2D eigenvalue weighted by Gasteiger charge is 2.11. The van der Waals surface area contributed by atoms with Crippen molar-refractivity contribution < 1.29 is 4.74 Å². The molecule has 0 bridgehead atoms. The smallest absolute Gasteiger partial charge is 0.213 e. The lowest BCUT2D eigenvalue weighted by molar-refractivity contribution is 0.415. The second kappa shape index (κ2) is 4.98. The highest BCUT2D eigenvalue weighted by Crippen LogP contribution is 2.31. The fourth-order valence-electron chi connectivity index (χ4n) is 2.12. The fourth-order valence-corrected chi connectivity index (χ4v) is 3.79. The summed E-state index contributed by atoms with van der Waals surface area (Å²) in [6, 6.07) is 12.0. The van der Waals surface area contributed by atoms with Gasteiger partial charge < -0.3 is 4.74 Å². The van der Waals surface area contributed by atoms with Gasteiger partial charge in [0.1, 0.15) is 5.75 Å². The number of aromatic nitrogens is 3. The Kier molecular flexibility index (Phi) is 2.98. The van der Waals surface area contributed by atoms with Gasteiger partial charge in [0.25, 0.3) is 0 Å². The quantitative estimate of drug-likeness (QED) is 0.569. The molecule has 6 heteroatoms. The Hall–Kier alpha value is -2.18. The molecule has 0 N–H and O–H groups in total. The molecule has 0 atom stereocenters. The van der Waals surface area contributed by atoms with Gasteiger partial charge in [0.15, 0.2) is 5.01 Å². The highest BCUT2D eigenvalue weighted by atomic mass is 32.1. The average Bonchev–Trinajstić information content (AvgIpc) is 3.21. The van der Waals surface area contributed by atoms with Crippen molar-refractivity contribution in [2.75, 3.05) is 7.11 Å². The Bertz CT molecular complexity index is 861. The Morgan fingerprint density at radius 1 is 1.19 bits per heavy atom. The van der Waals surface area contributed by atoms with Crippen LogP contribution in [0.2, 0.25) is 0 Å². The van der Waals surface area contributed by atoms with E-state index < -0.39 is 0 Å². The lowest BCUT2D eigenvalue weighted by Gasteiger charge is -2.01. The van der Waals surface area contributed by atoms with Crippen LogP contribution in [0.25, 0.3) is 26.1 Å². The van der Waals surface area contributed by atoms with Crippen LogP contribution >= 0.6 is 22.7 Å². The lowest BCUT2D eigenvalue weighted by Crippen LogP contribution is -1.84. The molecule has 4 aromatic rings. The van der Waals surface area contributed by atoms with Gasteiger partial charge in [-0.2, -0.15) is 5.10 Å². The first-order valence-electron chi connectivity index (χ1n) is 6.38. The maximum atomic E-state index is 5.25. The van der Waals surface area contributed by atoms with E-state index >= 15 is 0 Å². The van der Waals surface area contributed by atoms with Crippen molar-refractivity contribution in [1.82, 2.24) is 14.6 Å². The molecule has 0 aliphatic heterocycles. The molecule has 3 heterocycles. The molecule has 3 aromatic heterocycles. The van der Waals surface area contributed by atoms with Gasteiger partial charge in [0.05, 0.1) is 23.9 Å². The number of nitrogens with zero attached hydrogens (tertiary/aromatic N) is 3. The van der Waals surface area contributed by atoms with Crippen molar-refractivity contribution in [2.24, 2.45) is 0 Å². The van der Waals surface area contributed by atoms with Gasteiger partial charge >= 0.3 is 0 Å². The van der Waals surface area contributed by atoms with Gasteiger partial charge in [-0.25, -0.2) is 9.50 Å². The number of hydrogen-bond donors (Lipinski definition) is 0. The Balaban J connectivity index is 1.76. The highest BCUT2D eigenvalue weighted by molar-refractivity contribution is 7.23. The number of fused-ring (bicyclic) bond motifs is 1. The normalized spacial score (nSPS) is 11.1. The second-order valence-electron chi connectivity index (χ2n) is 4.47. The van der Waals surface area contributed by atoms with Crippen molar-refractivity contribution in [1.29, 1.82) is 0 Å². The van der Waals surface area contributed by atoms with E-state index in [1.54, 1.807) is 29.8 Å². The van der Waals surface area contributed by atoms with Crippen LogP contribution in [0.5, 0.6) is 5.75 Å². The van der Waals surface area contributed by atoms with Crippen LogP contribution in [0.4, 0.5) is 0 Å². The third kappa shape index (κ3) is 2.22. The average molecular weight is 313 g/mol. The predicted molar refractivity (Wildman–Crippen MR) is 86.2 cm³/mol. The molecule has 104 valence electrons. The summed E-state index contributed by atoms with van der Waals surface area (Å²) < 4.78 is 7.10. The van der Waals surface area contributed by atoms with Gasteiger partial charge in [0.2, 0.25) is 4.96 Å². The van der Waals surface area contributed by atoms with E-state index in [4.69, 9.17) is 4.74 Å². The molecular formula is C15H11N3OS2. The van der Waals surface area contributed by atoms with E-state index in [0.717, 1.165) is 27.0 Å². The first-order chi connectivity index (χ1) is 10.3. The van der Waals surface area contributed by atoms with Crippen LogP contribution in [-0.2, 0) is 0 Å². The number of benzene rings is 1. The van der Waals surface area contributed by atoms with E-state index in [1.165, 1.54) is 4.88 Å². The summed E-state index contributed by atoms with van der Waals surface area (Å²) in [5.41, 5.74) is 1.94. The van der Waals surface area contributed by atoms with Crippen molar-refractivity contribution in [3.8, 4) is 26.9 Å². The van der Waals surface area contributed by atoms with Crippen LogP contribution in [0.1, 0.15) is 0 Å². The molecular weight excluding hydrogens is 302 g/mol. The van der Waals surface area contributed by atoms with E-state index in [0.29, 0.717) is 0 Å². The molecule has 1 aromatic carbocycles. The predicted octanol–water partition coefficient (Wildman–Crippen LogP) is 4.19. The molecule has 0 fully saturated rings.